The number of halogens is 1. The minimum Gasteiger partial charge on any atom is -0.258 e. The fourth-order valence-electron chi connectivity index (χ4n) is 1.56. The molecule has 0 atom stereocenters. The predicted octanol–water partition coefficient (Wildman–Crippen LogP) is 2.67. The Hall–Kier alpha value is -2.26. The van der Waals surface area contributed by atoms with Gasteiger partial charge in [-0.05, 0) is 24.3 Å². The maximum atomic E-state index is 12.0. The molecule has 9 heteroatoms. The summed E-state index contributed by atoms with van der Waals surface area (Å²) in [5.74, 6) is 0. The third-order valence-corrected chi connectivity index (χ3v) is 4.36. The normalized spacial score (nSPS) is 11.5. The van der Waals surface area contributed by atoms with E-state index in [0.717, 1.165) is 4.47 Å². The van der Waals surface area contributed by atoms with Gasteiger partial charge < -0.3 is 0 Å². The first-order chi connectivity index (χ1) is 10.4. The number of nitro groups is 1. The number of nitrogens with zero attached hydrogens (tertiary/aromatic N) is 2. The molecule has 0 fully saturated rings. The number of hydrazone groups is 1. The molecule has 0 bridgehead atoms. The van der Waals surface area contributed by atoms with Crippen LogP contribution in [0, 0.1) is 10.1 Å². The molecule has 0 amide bonds. The molecule has 114 valence electrons. The van der Waals surface area contributed by atoms with Crippen LogP contribution in [-0.4, -0.2) is 19.6 Å². The van der Waals surface area contributed by atoms with Gasteiger partial charge in [-0.1, -0.05) is 28.1 Å². The minimum atomic E-state index is -3.78. The fourth-order valence-corrected chi connectivity index (χ4v) is 2.61. The van der Waals surface area contributed by atoms with Gasteiger partial charge in [0.2, 0.25) is 0 Å². The second-order valence-corrected chi connectivity index (χ2v) is 6.74. The molecule has 0 saturated carbocycles. The molecule has 2 rings (SSSR count). The van der Waals surface area contributed by atoms with Gasteiger partial charge >= 0.3 is 0 Å². The summed E-state index contributed by atoms with van der Waals surface area (Å²) in [4.78, 5) is 12.2. The molecule has 7 nitrogen and oxygen atoms in total. The zero-order chi connectivity index (χ0) is 16.2. The fraction of sp³-hybridized carbons (Fsp3) is 0. The molecular formula is C13H10BrN3O4S. The van der Waals surface area contributed by atoms with Crippen LogP contribution in [0.25, 0.3) is 0 Å². The first-order valence-electron chi connectivity index (χ1n) is 5.93. The van der Waals surface area contributed by atoms with Gasteiger partial charge in [0.1, 0.15) is 0 Å². The van der Waals surface area contributed by atoms with Gasteiger partial charge in [0, 0.05) is 22.2 Å². The highest BCUT2D eigenvalue weighted by molar-refractivity contribution is 9.10. The van der Waals surface area contributed by atoms with Crippen molar-refractivity contribution in [1.29, 1.82) is 0 Å². The Bertz CT molecular complexity index is 819. The topological polar surface area (TPSA) is 102 Å². The van der Waals surface area contributed by atoms with E-state index in [1.54, 1.807) is 18.2 Å². The van der Waals surface area contributed by atoms with Crippen molar-refractivity contribution in [3.63, 3.8) is 0 Å². The maximum Gasteiger partial charge on any atom is 0.276 e. The number of nitro benzene ring substituents is 1. The first kappa shape index (κ1) is 16.1. The second-order valence-electron chi connectivity index (χ2n) is 4.16. The molecule has 0 saturated heterocycles. The zero-order valence-corrected chi connectivity index (χ0v) is 13.4. The smallest absolute Gasteiger partial charge is 0.258 e. The number of hydrogen-bond acceptors (Lipinski definition) is 5. The Morgan fingerprint density at radius 2 is 1.86 bits per heavy atom. The number of rotatable bonds is 5. The van der Waals surface area contributed by atoms with Crippen molar-refractivity contribution in [2.24, 2.45) is 5.10 Å². The van der Waals surface area contributed by atoms with Crippen molar-refractivity contribution in [2.75, 3.05) is 0 Å². The molecule has 0 heterocycles. The monoisotopic (exact) mass is 383 g/mol. The SMILES string of the molecule is O=[N+]([O-])c1cccc(C=NNS(=O)(=O)c2ccc(Br)cc2)c1. The van der Waals surface area contributed by atoms with Crippen LogP contribution in [0.15, 0.2) is 63.0 Å². The van der Waals surface area contributed by atoms with Gasteiger partial charge in [0.15, 0.2) is 0 Å². The van der Waals surface area contributed by atoms with E-state index >= 15 is 0 Å². The highest BCUT2D eigenvalue weighted by Gasteiger charge is 2.12. The first-order valence-corrected chi connectivity index (χ1v) is 8.21. The van der Waals surface area contributed by atoms with Crippen LogP contribution < -0.4 is 4.83 Å². The van der Waals surface area contributed by atoms with E-state index in [2.05, 4.69) is 21.0 Å². The van der Waals surface area contributed by atoms with Crippen LogP contribution in [0.3, 0.4) is 0 Å². The van der Waals surface area contributed by atoms with Crippen LogP contribution >= 0.6 is 15.9 Å². The third-order valence-electron chi connectivity index (χ3n) is 2.59. The number of hydrogen-bond donors (Lipinski definition) is 1. The van der Waals surface area contributed by atoms with Crippen molar-refractivity contribution in [3.8, 4) is 0 Å². The van der Waals surface area contributed by atoms with E-state index in [4.69, 9.17) is 0 Å². The average molecular weight is 384 g/mol. The molecule has 0 unspecified atom stereocenters. The molecule has 0 radical (unpaired) electrons. The summed E-state index contributed by atoms with van der Waals surface area (Å²) in [6.45, 7) is 0. The average Bonchev–Trinajstić information content (AvgIpc) is 2.48. The quantitative estimate of drug-likeness (QED) is 0.486. The van der Waals surface area contributed by atoms with Gasteiger partial charge in [-0.25, -0.2) is 4.83 Å². The Morgan fingerprint density at radius 3 is 2.50 bits per heavy atom. The molecule has 0 aromatic heterocycles. The van der Waals surface area contributed by atoms with Crippen molar-refractivity contribution in [1.82, 2.24) is 4.83 Å². The minimum absolute atomic E-state index is 0.0619. The molecule has 1 N–H and O–H groups in total. The maximum absolute atomic E-state index is 12.0. The van der Waals surface area contributed by atoms with Gasteiger partial charge in [-0.2, -0.15) is 13.5 Å². The van der Waals surface area contributed by atoms with E-state index in [1.807, 2.05) is 4.83 Å². The van der Waals surface area contributed by atoms with E-state index in [0.29, 0.717) is 5.56 Å². The summed E-state index contributed by atoms with van der Waals surface area (Å²) >= 11 is 3.21. The third kappa shape index (κ3) is 4.12. The molecule has 22 heavy (non-hydrogen) atoms. The molecule has 0 aliphatic heterocycles. The second kappa shape index (κ2) is 6.67. The van der Waals surface area contributed by atoms with Crippen LogP contribution in [-0.2, 0) is 10.0 Å². The van der Waals surface area contributed by atoms with Crippen molar-refractivity contribution in [2.45, 2.75) is 4.90 Å². The van der Waals surface area contributed by atoms with E-state index in [1.165, 1.54) is 36.5 Å². The molecule has 2 aromatic rings. The summed E-state index contributed by atoms with van der Waals surface area (Å²) in [6.07, 6.45) is 1.20. The standard InChI is InChI=1S/C13H10BrN3O4S/c14-11-4-6-13(7-5-11)22(20,21)16-15-9-10-2-1-3-12(8-10)17(18)19/h1-9,16H. The summed E-state index contributed by atoms with van der Waals surface area (Å²) in [5.41, 5.74) is 0.312. The summed E-state index contributed by atoms with van der Waals surface area (Å²) in [5, 5.41) is 14.3. The molecule has 0 aliphatic rings. The number of nitrogens with one attached hydrogen (secondary N) is 1. The van der Waals surface area contributed by atoms with Crippen molar-refractivity contribution < 1.29 is 13.3 Å². The zero-order valence-electron chi connectivity index (χ0n) is 11.0. The van der Waals surface area contributed by atoms with Crippen molar-refractivity contribution in [3.05, 3.63) is 68.7 Å². The molecular weight excluding hydrogens is 374 g/mol. The van der Waals surface area contributed by atoms with Gasteiger partial charge in [-0.15, -0.1) is 0 Å². The number of sulfonamides is 1. The molecule has 0 aliphatic carbocycles. The Morgan fingerprint density at radius 1 is 1.18 bits per heavy atom. The Labute approximate surface area is 135 Å². The summed E-state index contributed by atoms with van der Waals surface area (Å²) in [6, 6.07) is 11.7. The predicted molar refractivity (Wildman–Crippen MR) is 85.2 cm³/mol. The lowest BCUT2D eigenvalue weighted by Gasteiger charge is -2.03. The molecule has 2 aromatic carbocycles. The van der Waals surface area contributed by atoms with Crippen LogP contribution in [0.4, 0.5) is 5.69 Å². The van der Waals surface area contributed by atoms with Crippen molar-refractivity contribution >= 4 is 37.9 Å². The lowest BCUT2D eigenvalue weighted by atomic mass is 10.2. The van der Waals surface area contributed by atoms with E-state index < -0.39 is 14.9 Å². The van der Waals surface area contributed by atoms with Crippen LogP contribution in [0.5, 0.6) is 0 Å². The Kier molecular flexibility index (Phi) is 4.88. The van der Waals surface area contributed by atoms with Crippen LogP contribution in [0.1, 0.15) is 5.56 Å². The Balaban J connectivity index is 2.13. The lowest BCUT2D eigenvalue weighted by molar-refractivity contribution is -0.384. The van der Waals surface area contributed by atoms with E-state index in [9.17, 15) is 18.5 Å². The highest BCUT2D eigenvalue weighted by atomic mass is 79.9. The highest BCUT2D eigenvalue weighted by Crippen LogP contribution is 2.14. The molecule has 0 spiro atoms. The van der Waals surface area contributed by atoms with Gasteiger partial charge in [0.25, 0.3) is 15.7 Å². The summed E-state index contributed by atoms with van der Waals surface area (Å²) < 4.78 is 24.7. The number of non-ortho nitro benzene ring substituents is 1. The van der Waals surface area contributed by atoms with Crippen LogP contribution in [0.2, 0.25) is 0 Å². The van der Waals surface area contributed by atoms with Gasteiger partial charge in [0.05, 0.1) is 16.0 Å². The summed E-state index contributed by atoms with van der Waals surface area (Å²) in [7, 11) is -3.78. The number of benzene rings is 2. The van der Waals surface area contributed by atoms with Gasteiger partial charge in [-0.3, -0.25) is 10.1 Å². The lowest BCUT2D eigenvalue weighted by Crippen LogP contribution is -2.18. The van der Waals surface area contributed by atoms with E-state index in [-0.39, 0.29) is 10.6 Å². The largest absolute Gasteiger partial charge is 0.276 e.